The zero-order chi connectivity index (χ0) is 17.9. The highest BCUT2D eigenvalue weighted by molar-refractivity contribution is 5.68. The molecule has 2 atom stereocenters. The van der Waals surface area contributed by atoms with Crippen LogP contribution in [0.2, 0.25) is 0 Å². The number of nitrogens with one attached hydrogen (secondary N) is 1. The predicted molar refractivity (Wildman–Crippen MR) is 92.0 cm³/mol. The molecule has 24 heavy (non-hydrogen) atoms. The SMILES string of the molecule is CC1CC(NCc2cccc(O)c2O)CCN1C(=O)OC(C)(C)C. The fourth-order valence-corrected chi connectivity index (χ4v) is 2.92. The monoisotopic (exact) mass is 336 g/mol. The molecular formula is C18H28N2O4. The van der Waals surface area contributed by atoms with Gasteiger partial charge in [0.1, 0.15) is 5.60 Å². The average molecular weight is 336 g/mol. The number of hydrogen-bond donors (Lipinski definition) is 3. The molecule has 1 fully saturated rings. The minimum absolute atomic E-state index is 0.0794. The van der Waals surface area contributed by atoms with Crippen LogP contribution in [0.3, 0.4) is 0 Å². The highest BCUT2D eigenvalue weighted by atomic mass is 16.6. The normalized spacial score (nSPS) is 21.6. The molecule has 1 aromatic carbocycles. The second-order valence-electron chi connectivity index (χ2n) is 7.41. The molecule has 1 aromatic rings. The van der Waals surface area contributed by atoms with Crippen molar-refractivity contribution in [3.05, 3.63) is 23.8 Å². The minimum atomic E-state index is -0.487. The van der Waals surface area contributed by atoms with Crippen molar-refractivity contribution >= 4 is 6.09 Å². The van der Waals surface area contributed by atoms with Gasteiger partial charge in [0.2, 0.25) is 0 Å². The van der Waals surface area contributed by atoms with E-state index in [4.69, 9.17) is 4.74 Å². The number of hydrogen-bond acceptors (Lipinski definition) is 5. The van der Waals surface area contributed by atoms with Gasteiger partial charge in [0.05, 0.1) is 0 Å². The van der Waals surface area contributed by atoms with Crippen LogP contribution < -0.4 is 5.32 Å². The molecule has 1 aliphatic heterocycles. The maximum Gasteiger partial charge on any atom is 0.410 e. The molecular weight excluding hydrogens is 308 g/mol. The van der Waals surface area contributed by atoms with E-state index in [-0.39, 0.29) is 29.7 Å². The largest absolute Gasteiger partial charge is 0.504 e. The highest BCUT2D eigenvalue weighted by Crippen LogP contribution is 2.28. The first-order valence-electron chi connectivity index (χ1n) is 8.40. The average Bonchev–Trinajstić information content (AvgIpc) is 2.47. The van der Waals surface area contributed by atoms with E-state index >= 15 is 0 Å². The molecule has 0 saturated carbocycles. The number of carbonyl (C=O) groups excluding carboxylic acids is 1. The number of aromatic hydroxyl groups is 2. The number of para-hydroxylation sites is 1. The Morgan fingerprint density at radius 1 is 1.38 bits per heavy atom. The molecule has 6 heteroatoms. The summed E-state index contributed by atoms with van der Waals surface area (Å²) in [6.45, 7) is 8.73. The second-order valence-corrected chi connectivity index (χ2v) is 7.41. The van der Waals surface area contributed by atoms with Gasteiger partial charge in [-0.25, -0.2) is 4.79 Å². The number of carbonyl (C=O) groups is 1. The summed E-state index contributed by atoms with van der Waals surface area (Å²) in [5.74, 6) is -0.188. The van der Waals surface area contributed by atoms with E-state index < -0.39 is 5.60 Å². The summed E-state index contributed by atoms with van der Waals surface area (Å²) in [5.41, 5.74) is 0.177. The molecule has 0 bridgehead atoms. The van der Waals surface area contributed by atoms with E-state index in [0.29, 0.717) is 18.7 Å². The van der Waals surface area contributed by atoms with Crippen molar-refractivity contribution in [1.82, 2.24) is 10.2 Å². The van der Waals surface area contributed by atoms with Gasteiger partial charge in [0, 0.05) is 30.7 Å². The van der Waals surface area contributed by atoms with E-state index in [9.17, 15) is 15.0 Å². The topological polar surface area (TPSA) is 82.0 Å². The zero-order valence-electron chi connectivity index (χ0n) is 14.9. The van der Waals surface area contributed by atoms with Crippen LogP contribution >= 0.6 is 0 Å². The Kier molecular flexibility index (Phi) is 5.59. The third kappa shape index (κ3) is 4.77. The van der Waals surface area contributed by atoms with E-state index in [2.05, 4.69) is 5.32 Å². The number of nitrogens with zero attached hydrogens (tertiary/aromatic N) is 1. The maximum atomic E-state index is 12.2. The van der Waals surface area contributed by atoms with E-state index in [1.54, 1.807) is 17.0 Å². The van der Waals surface area contributed by atoms with Gasteiger partial charge >= 0.3 is 6.09 Å². The molecule has 134 valence electrons. The molecule has 1 heterocycles. The zero-order valence-corrected chi connectivity index (χ0v) is 14.9. The van der Waals surface area contributed by atoms with Crippen LogP contribution in [-0.2, 0) is 11.3 Å². The van der Waals surface area contributed by atoms with E-state index in [0.717, 1.165) is 12.8 Å². The molecule has 2 unspecified atom stereocenters. The van der Waals surface area contributed by atoms with Crippen molar-refractivity contribution in [3.63, 3.8) is 0 Å². The summed E-state index contributed by atoms with van der Waals surface area (Å²) in [7, 11) is 0. The summed E-state index contributed by atoms with van der Waals surface area (Å²) in [4.78, 5) is 14.0. The molecule has 1 aliphatic rings. The molecule has 0 aromatic heterocycles. The van der Waals surface area contributed by atoms with Crippen molar-refractivity contribution in [2.45, 2.75) is 64.8 Å². The third-order valence-corrected chi connectivity index (χ3v) is 4.18. The van der Waals surface area contributed by atoms with Gasteiger partial charge in [0.15, 0.2) is 11.5 Å². The lowest BCUT2D eigenvalue weighted by atomic mass is 9.98. The van der Waals surface area contributed by atoms with Crippen molar-refractivity contribution in [2.75, 3.05) is 6.54 Å². The Labute approximate surface area is 143 Å². The first kappa shape index (κ1) is 18.4. The number of amides is 1. The lowest BCUT2D eigenvalue weighted by molar-refractivity contribution is 0.00932. The third-order valence-electron chi connectivity index (χ3n) is 4.18. The van der Waals surface area contributed by atoms with Crippen LogP contribution in [0.5, 0.6) is 11.5 Å². The fraction of sp³-hybridized carbons (Fsp3) is 0.611. The van der Waals surface area contributed by atoms with Crippen LogP contribution in [0, 0.1) is 0 Å². The van der Waals surface area contributed by atoms with Crippen LogP contribution in [0.1, 0.15) is 46.1 Å². The van der Waals surface area contributed by atoms with Crippen LogP contribution in [0.4, 0.5) is 4.79 Å². The van der Waals surface area contributed by atoms with E-state index in [1.807, 2.05) is 27.7 Å². The standard InChI is InChI=1S/C18H28N2O4/c1-12-10-14(8-9-20(12)17(23)24-18(2,3)4)19-11-13-6-5-7-15(21)16(13)22/h5-7,12,14,19,21-22H,8-11H2,1-4H3. The molecule has 3 N–H and O–H groups in total. The van der Waals surface area contributed by atoms with Crippen molar-refractivity contribution < 1.29 is 19.7 Å². The molecule has 1 saturated heterocycles. The summed E-state index contributed by atoms with van der Waals surface area (Å²) in [6.07, 6.45) is 1.38. The number of phenolic OH excluding ortho intramolecular Hbond substituents is 2. The van der Waals surface area contributed by atoms with Crippen molar-refractivity contribution in [1.29, 1.82) is 0 Å². The molecule has 0 aliphatic carbocycles. The molecule has 6 nitrogen and oxygen atoms in total. The van der Waals surface area contributed by atoms with Gasteiger partial charge in [-0.15, -0.1) is 0 Å². The van der Waals surface area contributed by atoms with Crippen LogP contribution in [0.15, 0.2) is 18.2 Å². The summed E-state index contributed by atoms with van der Waals surface area (Å²) < 4.78 is 5.45. The summed E-state index contributed by atoms with van der Waals surface area (Å²) in [6, 6.07) is 5.28. The highest BCUT2D eigenvalue weighted by Gasteiger charge is 2.31. The number of phenols is 2. The van der Waals surface area contributed by atoms with Crippen LogP contribution in [0.25, 0.3) is 0 Å². The molecule has 1 amide bonds. The number of ether oxygens (including phenoxy) is 1. The fourth-order valence-electron chi connectivity index (χ4n) is 2.92. The molecule has 0 radical (unpaired) electrons. The number of likely N-dealkylation sites (tertiary alicyclic amines) is 1. The second kappa shape index (κ2) is 7.30. The smallest absolute Gasteiger partial charge is 0.410 e. The Hall–Kier alpha value is -1.95. The Morgan fingerprint density at radius 2 is 2.08 bits per heavy atom. The number of piperidine rings is 1. The van der Waals surface area contributed by atoms with Gasteiger partial charge in [0.25, 0.3) is 0 Å². The van der Waals surface area contributed by atoms with Crippen LogP contribution in [-0.4, -0.2) is 45.4 Å². The van der Waals surface area contributed by atoms with Crippen molar-refractivity contribution in [3.8, 4) is 11.5 Å². The Balaban J connectivity index is 1.87. The van der Waals surface area contributed by atoms with Gasteiger partial charge < -0.3 is 25.2 Å². The van der Waals surface area contributed by atoms with Gasteiger partial charge in [-0.1, -0.05) is 12.1 Å². The van der Waals surface area contributed by atoms with Gasteiger partial charge in [-0.2, -0.15) is 0 Å². The van der Waals surface area contributed by atoms with Gasteiger partial charge in [-0.3, -0.25) is 0 Å². The number of benzene rings is 1. The first-order chi connectivity index (χ1) is 11.2. The number of rotatable bonds is 3. The summed E-state index contributed by atoms with van der Waals surface area (Å²) >= 11 is 0. The Bertz CT molecular complexity index is 583. The quantitative estimate of drug-likeness (QED) is 0.739. The lowest BCUT2D eigenvalue weighted by Crippen LogP contribution is -2.50. The predicted octanol–water partition coefficient (Wildman–Crippen LogP) is 2.98. The van der Waals surface area contributed by atoms with Crippen molar-refractivity contribution in [2.24, 2.45) is 0 Å². The van der Waals surface area contributed by atoms with E-state index in [1.165, 1.54) is 6.07 Å². The first-order valence-corrected chi connectivity index (χ1v) is 8.40. The Morgan fingerprint density at radius 3 is 2.71 bits per heavy atom. The minimum Gasteiger partial charge on any atom is -0.504 e. The lowest BCUT2D eigenvalue weighted by Gasteiger charge is -2.38. The van der Waals surface area contributed by atoms with Gasteiger partial charge in [-0.05, 0) is 46.6 Å². The summed E-state index contributed by atoms with van der Waals surface area (Å²) in [5, 5.41) is 22.8. The maximum absolute atomic E-state index is 12.2. The molecule has 0 spiro atoms. The molecule has 2 rings (SSSR count).